The van der Waals surface area contributed by atoms with Crippen molar-refractivity contribution in [1.29, 1.82) is 0 Å². The number of halogens is 1. The molecule has 4 heteroatoms. The van der Waals surface area contributed by atoms with E-state index in [0.29, 0.717) is 0 Å². The summed E-state index contributed by atoms with van der Waals surface area (Å²) < 4.78 is 0. The molecular weight excluding hydrogens is 210 g/mol. The van der Waals surface area contributed by atoms with Crippen molar-refractivity contribution in [2.24, 2.45) is 5.73 Å². The molecule has 0 aliphatic heterocycles. The summed E-state index contributed by atoms with van der Waals surface area (Å²) in [5.41, 5.74) is 9.17. The van der Waals surface area contributed by atoms with Crippen LogP contribution in [0.5, 0.6) is 0 Å². The van der Waals surface area contributed by atoms with Gasteiger partial charge in [0.1, 0.15) is 0 Å². The summed E-state index contributed by atoms with van der Waals surface area (Å²) in [6.45, 7) is 1.98. The van der Waals surface area contributed by atoms with E-state index in [9.17, 15) is 0 Å². The number of aromatic nitrogens is 2. The molecule has 0 aliphatic rings. The van der Waals surface area contributed by atoms with Gasteiger partial charge in [0.25, 0.3) is 0 Å². The van der Waals surface area contributed by atoms with E-state index in [2.05, 4.69) is 22.3 Å². The molecule has 0 saturated carbocycles. The number of nitrogens with zero attached hydrogens (tertiary/aromatic N) is 1. The van der Waals surface area contributed by atoms with E-state index in [1.54, 1.807) is 6.20 Å². The number of aromatic amines is 1. The summed E-state index contributed by atoms with van der Waals surface area (Å²) in [7, 11) is 0. The molecule has 1 heterocycles. The van der Waals surface area contributed by atoms with Gasteiger partial charge in [-0.3, -0.25) is 5.10 Å². The summed E-state index contributed by atoms with van der Waals surface area (Å²) in [6, 6.07) is 8.31. The fraction of sp³-hybridized carbons (Fsp3) is 0.182. The zero-order valence-corrected chi connectivity index (χ0v) is 9.29. The second kappa shape index (κ2) is 4.96. The molecule has 2 aromatic rings. The minimum absolute atomic E-state index is 0. The average molecular weight is 224 g/mol. The zero-order valence-electron chi connectivity index (χ0n) is 8.47. The fourth-order valence-electron chi connectivity index (χ4n) is 1.39. The van der Waals surface area contributed by atoms with Crippen molar-refractivity contribution in [2.45, 2.75) is 13.0 Å². The highest BCUT2D eigenvalue weighted by Gasteiger charge is 2.01. The van der Waals surface area contributed by atoms with Crippen LogP contribution in [0.15, 0.2) is 36.7 Å². The van der Waals surface area contributed by atoms with Gasteiger partial charge in [-0.15, -0.1) is 12.4 Å². The predicted molar refractivity (Wildman–Crippen MR) is 63.9 cm³/mol. The highest BCUT2D eigenvalue weighted by Crippen LogP contribution is 2.19. The number of benzene rings is 1. The Bertz CT molecular complexity index is 392. The van der Waals surface area contributed by atoms with E-state index >= 15 is 0 Å². The first kappa shape index (κ1) is 11.8. The van der Waals surface area contributed by atoms with E-state index in [4.69, 9.17) is 5.73 Å². The van der Waals surface area contributed by atoms with Crippen LogP contribution in [0.4, 0.5) is 0 Å². The maximum absolute atomic E-state index is 5.76. The lowest BCUT2D eigenvalue weighted by Gasteiger charge is -2.05. The van der Waals surface area contributed by atoms with Crippen LogP contribution in [-0.4, -0.2) is 10.2 Å². The van der Waals surface area contributed by atoms with Crippen LogP contribution >= 0.6 is 12.4 Å². The SMILES string of the molecule is C[C@H](N)c1ccc(-c2cn[nH]c2)cc1.Cl. The summed E-state index contributed by atoms with van der Waals surface area (Å²) >= 11 is 0. The molecule has 0 spiro atoms. The quantitative estimate of drug-likeness (QED) is 0.822. The first-order chi connectivity index (χ1) is 6.77. The molecule has 1 atom stereocenters. The molecule has 0 unspecified atom stereocenters. The standard InChI is InChI=1S/C11H13N3.ClH/c1-8(12)9-2-4-10(5-3-9)11-6-13-14-7-11;/h2-8H,12H2,1H3,(H,13,14);1H/t8-;/m0./s1. The van der Waals surface area contributed by atoms with Gasteiger partial charge in [0.15, 0.2) is 0 Å². The Morgan fingerprint density at radius 1 is 1.20 bits per heavy atom. The Morgan fingerprint density at radius 2 is 1.87 bits per heavy atom. The highest BCUT2D eigenvalue weighted by atomic mass is 35.5. The third-order valence-electron chi connectivity index (χ3n) is 2.27. The molecule has 0 radical (unpaired) electrons. The maximum atomic E-state index is 5.76. The molecule has 0 saturated heterocycles. The van der Waals surface area contributed by atoms with E-state index in [-0.39, 0.29) is 18.4 Å². The van der Waals surface area contributed by atoms with E-state index in [1.807, 2.05) is 25.3 Å². The number of rotatable bonds is 2. The Balaban J connectivity index is 0.00000112. The Hall–Kier alpha value is -1.32. The second-order valence-corrected chi connectivity index (χ2v) is 3.40. The Kier molecular flexibility index (Phi) is 3.88. The number of H-pyrrole nitrogens is 1. The number of nitrogens with two attached hydrogens (primary N) is 1. The molecule has 3 N–H and O–H groups in total. The van der Waals surface area contributed by atoms with Gasteiger partial charge >= 0.3 is 0 Å². The van der Waals surface area contributed by atoms with Crippen molar-refractivity contribution >= 4 is 12.4 Å². The first-order valence-electron chi connectivity index (χ1n) is 4.62. The van der Waals surface area contributed by atoms with Gasteiger partial charge in [0.05, 0.1) is 6.20 Å². The van der Waals surface area contributed by atoms with Crippen molar-refractivity contribution in [3.63, 3.8) is 0 Å². The van der Waals surface area contributed by atoms with Crippen LogP contribution in [0.2, 0.25) is 0 Å². The molecular formula is C11H14ClN3. The van der Waals surface area contributed by atoms with Crippen LogP contribution in [0.1, 0.15) is 18.5 Å². The average Bonchev–Trinajstić information content (AvgIpc) is 2.71. The lowest BCUT2D eigenvalue weighted by molar-refractivity contribution is 0.818. The number of hydrogen-bond donors (Lipinski definition) is 2. The largest absolute Gasteiger partial charge is 0.324 e. The first-order valence-corrected chi connectivity index (χ1v) is 4.62. The molecule has 1 aromatic carbocycles. The minimum atomic E-state index is 0. The molecule has 0 fully saturated rings. The normalized spacial score (nSPS) is 11.9. The van der Waals surface area contributed by atoms with Crippen LogP contribution in [0.3, 0.4) is 0 Å². The van der Waals surface area contributed by atoms with Gasteiger partial charge in [0, 0.05) is 17.8 Å². The van der Waals surface area contributed by atoms with Crippen LogP contribution < -0.4 is 5.73 Å². The Labute approximate surface area is 95.1 Å². The lowest BCUT2D eigenvalue weighted by atomic mass is 10.0. The molecule has 80 valence electrons. The van der Waals surface area contributed by atoms with Crippen molar-refractivity contribution < 1.29 is 0 Å². The van der Waals surface area contributed by atoms with Crippen LogP contribution in [0.25, 0.3) is 11.1 Å². The van der Waals surface area contributed by atoms with Crippen LogP contribution in [-0.2, 0) is 0 Å². The summed E-state index contributed by atoms with van der Waals surface area (Å²) in [4.78, 5) is 0. The third kappa shape index (κ3) is 2.58. The molecule has 1 aromatic heterocycles. The summed E-state index contributed by atoms with van der Waals surface area (Å²) in [6.07, 6.45) is 3.68. The second-order valence-electron chi connectivity index (χ2n) is 3.40. The number of nitrogens with one attached hydrogen (secondary N) is 1. The molecule has 3 nitrogen and oxygen atoms in total. The monoisotopic (exact) mass is 223 g/mol. The zero-order chi connectivity index (χ0) is 9.97. The molecule has 0 amide bonds. The Morgan fingerprint density at radius 3 is 2.33 bits per heavy atom. The van der Waals surface area contributed by atoms with Gasteiger partial charge in [-0.05, 0) is 18.1 Å². The topological polar surface area (TPSA) is 54.7 Å². The van der Waals surface area contributed by atoms with E-state index in [1.165, 1.54) is 0 Å². The smallest absolute Gasteiger partial charge is 0.0565 e. The van der Waals surface area contributed by atoms with Gasteiger partial charge in [-0.25, -0.2) is 0 Å². The van der Waals surface area contributed by atoms with Crippen molar-refractivity contribution in [3.8, 4) is 11.1 Å². The highest BCUT2D eigenvalue weighted by molar-refractivity contribution is 5.85. The van der Waals surface area contributed by atoms with Crippen LogP contribution in [0, 0.1) is 0 Å². The predicted octanol–water partition coefficient (Wildman–Crippen LogP) is 2.52. The molecule has 2 rings (SSSR count). The third-order valence-corrected chi connectivity index (χ3v) is 2.27. The molecule has 0 aliphatic carbocycles. The van der Waals surface area contributed by atoms with Crippen molar-refractivity contribution in [3.05, 3.63) is 42.2 Å². The summed E-state index contributed by atoms with van der Waals surface area (Å²) in [5, 5.41) is 6.70. The van der Waals surface area contributed by atoms with E-state index < -0.39 is 0 Å². The molecule has 15 heavy (non-hydrogen) atoms. The van der Waals surface area contributed by atoms with Crippen molar-refractivity contribution in [2.75, 3.05) is 0 Å². The van der Waals surface area contributed by atoms with Gasteiger partial charge in [-0.1, -0.05) is 24.3 Å². The number of hydrogen-bond acceptors (Lipinski definition) is 2. The maximum Gasteiger partial charge on any atom is 0.0565 e. The minimum Gasteiger partial charge on any atom is -0.324 e. The van der Waals surface area contributed by atoms with E-state index in [0.717, 1.165) is 16.7 Å². The van der Waals surface area contributed by atoms with Gasteiger partial charge in [0.2, 0.25) is 0 Å². The van der Waals surface area contributed by atoms with Crippen molar-refractivity contribution in [1.82, 2.24) is 10.2 Å². The van der Waals surface area contributed by atoms with Gasteiger partial charge < -0.3 is 5.73 Å². The molecule has 0 bridgehead atoms. The lowest BCUT2D eigenvalue weighted by Crippen LogP contribution is -2.04. The van der Waals surface area contributed by atoms with Gasteiger partial charge in [-0.2, -0.15) is 5.10 Å². The summed E-state index contributed by atoms with van der Waals surface area (Å²) in [5.74, 6) is 0. The fourth-order valence-corrected chi connectivity index (χ4v) is 1.39.